The molecule has 2 aliphatic rings. The number of thioether (sulfide) groups is 2. The SMILES string of the molecule is CC1SCC(C(=O)C2CCCCC2)SC1C. The van der Waals surface area contributed by atoms with Gasteiger partial charge in [0, 0.05) is 22.2 Å². The van der Waals surface area contributed by atoms with Crippen LogP contribution in [0.5, 0.6) is 0 Å². The topological polar surface area (TPSA) is 17.1 Å². The quantitative estimate of drug-likeness (QED) is 0.750. The van der Waals surface area contributed by atoms with Crippen LogP contribution in [0, 0.1) is 5.92 Å². The molecule has 0 aromatic carbocycles. The first-order valence-corrected chi connectivity index (χ1v) is 8.48. The van der Waals surface area contributed by atoms with Crippen molar-refractivity contribution in [2.24, 2.45) is 5.92 Å². The van der Waals surface area contributed by atoms with E-state index in [0.29, 0.717) is 27.5 Å². The summed E-state index contributed by atoms with van der Waals surface area (Å²) in [5, 5.41) is 1.64. The minimum absolute atomic E-state index is 0.291. The van der Waals surface area contributed by atoms with Crippen molar-refractivity contribution >= 4 is 29.3 Å². The average Bonchev–Trinajstić information content (AvgIpc) is 2.33. The first-order chi connectivity index (χ1) is 7.68. The molecule has 0 N–H and O–H groups in total. The lowest BCUT2D eigenvalue weighted by atomic mass is 9.85. The molecule has 2 rings (SSSR count). The van der Waals surface area contributed by atoms with Gasteiger partial charge in [-0.25, -0.2) is 0 Å². The number of rotatable bonds is 2. The Hall–Kier alpha value is 0.370. The second-order valence-electron chi connectivity index (χ2n) is 5.11. The maximum Gasteiger partial charge on any atom is 0.149 e. The molecule has 1 heterocycles. The molecule has 1 aliphatic carbocycles. The highest BCUT2D eigenvalue weighted by Crippen LogP contribution is 2.38. The lowest BCUT2D eigenvalue weighted by molar-refractivity contribution is -0.122. The van der Waals surface area contributed by atoms with Gasteiger partial charge in [-0.05, 0) is 12.8 Å². The summed E-state index contributed by atoms with van der Waals surface area (Å²) in [6.07, 6.45) is 6.19. The number of hydrogen-bond donors (Lipinski definition) is 0. The molecule has 0 spiro atoms. The normalized spacial score (nSPS) is 37.2. The molecule has 1 saturated heterocycles. The molecular formula is C13H22OS2. The molecule has 3 atom stereocenters. The van der Waals surface area contributed by atoms with E-state index in [0.717, 1.165) is 18.6 Å². The van der Waals surface area contributed by atoms with Crippen LogP contribution in [-0.4, -0.2) is 27.3 Å². The number of carbonyl (C=O) groups excluding carboxylic acids is 1. The molecule has 1 aliphatic heterocycles. The van der Waals surface area contributed by atoms with Crippen molar-refractivity contribution in [2.75, 3.05) is 5.75 Å². The average molecular weight is 258 g/mol. The summed E-state index contributed by atoms with van der Waals surface area (Å²) < 4.78 is 0. The van der Waals surface area contributed by atoms with E-state index in [-0.39, 0.29) is 0 Å². The predicted molar refractivity (Wildman–Crippen MR) is 74.3 cm³/mol. The van der Waals surface area contributed by atoms with Gasteiger partial charge < -0.3 is 0 Å². The summed E-state index contributed by atoms with van der Waals surface area (Å²) in [5.41, 5.74) is 0. The highest BCUT2D eigenvalue weighted by molar-refractivity contribution is 8.08. The summed E-state index contributed by atoms with van der Waals surface area (Å²) >= 11 is 3.91. The predicted octanol–water partition coefficient (Wildman–Crippen LogP) is 3.76. The van der Waals surface area contributed by atoms with Crippen LogP contribution in [0.25, 0.3) is 0 Å². The molecular weight excluding hydrogens is 236 g/mol. The van der Waals surface area contributed by atoms with Gasteiger partial charge in [0.2, 0.25) is 0 Å². The Morgan fingerprint density at radius 2 is 1.75 bits per heavy atom. The molecule has 0 radical (unpaired) electrons. The Kier molecular flexibility index (Phi) is 4.66. The molecule has 3 unspecified atom stereocenters. The van der Waals surface area contributed by atoms with Crippen LogP contribution in [0.15, 0.2) is 0 Å². The molecule has 16 heavy (non-hydrogen) atoms. The number of ketones is 1. The third kappa shape index (κ3) is 2.98. The van der Waals surface area contributed by atoms with Gasteiger partial charge >= 0.3 is 0 Å². The Labute approximate surface area is 108 Å². The minimum Gasteiger partial charge on any atom is -0.298 e. The molecule has 1 saturated carbocycles. The van der Waals surface area contributed by atoms with E-state index in [1.54, 1.807) is 0 Å². The second-order valence-corrected chi connectivity index (χ2v) is 8.10. The largest absolute Gasteiger partial charge is 0.298 e. The highest BCUT2D eigenvalue weighted by atomic mass is 32.2. The Bertz CT molecular complexity index is 248. The lowest BCUT2D eigenvalue weighted by Gasteiger charge is -2.33. The summed E-state index contributed by atoms with van der Waals surface area (Å²) in [6, 6.07) is 0. The molecule has 0 aromatic rings. The summed E-state index contributed by atoms with van der Waals surface area (Å²) in [4.78, 5) is 12.4. The van der Waals surface area contributed by atoms with Crippen LogP contribution in [-0.2, 0) is 4.79 Å². The van der Waals surface area contributed by atoms with Crippen molar-refractivity contribution in [3.8, 4) is 0 Å². The van der Waals surface area contributed by atoms with Crippen molar-refractivity contribution in [2.45, 2.75) is 61.7 Å². The Balaban J connectivity index is 1.89. The smallest absolute Gasteiger partial charge is 0.149 e. The number of Topliss-reactive ketones (excluding diaryl/α,β-unsaturated/α-hetero) is 1. The van der Waals surface area contributed by atoms with E-state index in [2.05, 4.69) is 13.8 Å². The van der Waals surface area contributed by atoms with Crippen LogP contribution in [0.4, 0.5) is 0 Å². The summed E-state index contributed by atoms with van der Waals surface area (Å²) in [5.74, 6) is 2.01. The van der Waals surface area contributed by atoms with E-state index < -0.39 is 0 Å². The van der Waals surface area contributed by atoms with Gasteiger partial charge in [0.25, 0.3) is 0 Å². The standard InChI is InChI=1S/C13H22OS2/c1-9-10(2)16-12(8-15-9)13(14)11-6-4-3-5-7-11/h9-12H,3-8H2,1-2H3. The van der Waals surface area contributed by atoms with Crippen LogP contribution < -0.4 is 0 Å². The van der Waals surface area contributed by atoms with E-state index in [9.17, 15) is 4.79 Å². The third-order valence-corrected chi connectivity index (χ3v) is 7.28. The molecule has 0 bridgehead atoms. The fraction of sp³-hybridized carbons (Fsp3) is 0.923. The van der Waals surface area contributed by atoms with Crippen molar-refractivity contribution in [1.29, 1.82) is 0 Å². The zero-order valence-corrected chi connectivity index (χ0v) is 11.9. The highest BCUT2D eigenvalue weighted by Gasteiger charge is 2.34. The fourth-order valence-corrected chi connectivity index (χ4v) is 5.54. The second kappa shape index (κ2) is 5.81. The molecule has 1 nitrogen and oxygen atoms in total. The van der Waals surface area contributed by atoms with Gasteiger partial charge in [-0.3, -0.25) is 4.79 Å². The zero-order valence-electron chi connectivity index (χ0n) is 10.3. The first kappa shape index (κ1) is 12.8. The van der Waals surface area contributed by atoms with Crippen LogP contribution in [0.3, 0.4) is 0 Å². The third-order valence-electron chi connectivity index (χ3n) is 3.88. The van der Waals surface area contributed by atoms with Crippen molar-refractivity contribution in [3.63, 3.8) is 0 Å². The fourth-order valence-electron chi connectivity index (χ4n) is 2.58. The number of hydrogen-bond acceptors (Lipinski definition) is 3. The monoisotopic (exact) mass is 258 g/mol. The van der Waals surface area contributed by atoms with Gasteiger partial charge in [0.15, 0.2) is 0 Å². The van der Waals surface area contributed by atoms with E-state index in [4.69, 9.17) is 0 Å². The minimum atomic E-state index is 0.291. The Morgan fingerprint density at radius 3 is 2.38 bits per heavy atom. The van der Waals surface area contributed by atoms with Crippen molar-refractivity contribution in [3.05, 3.63) is 0 Å². The zero-order chi connectivity index (χ0) is 11.5. The van der Waals surface area contributed by atoms with Crippen molar-refractivity contribution in [1.82, 2.24) is 0 Å². The van der Waals surface area contributed by atoms with Gasteiger partial charge in [0.05, 0.1) is 5.25 Å². The molecule has 2 fully saturated rings. The first-order valence-electron chi connectivity index (χ1n) is 6.49. The van der Waals surface area contributed by atoms with E-state index in [1.807, 2.05) is 23.5 Å². The summed E-state index contributed by atoms with van der Waals surface area (Å²) in [7, 11) is 0. The Morgan fingerprint density at radius 1 is 1.06 bits per heavy atom. The van der Waals surface area contributed by atoms with E-state index >= 15 is 0 Å². The molecule has 0 amide bonds. The molecule has 92 valence electrons. The van der Waals surface area contributed by atoms with Gasteiger partial charge in [-0.1, -0.05) is 33.1 Å². The van der Waals surface area contributed by atoms with Gasteiger partial charge in [-0.2, -0.15) is 11.8 Å². The maximum absolute atomic E-state index is 12.4. The van der Waals surface area contributed by atoms with Gasteiger partial charge in [0.1, 0.15) is 5.78 Å². The van der Waals surface area contributed by atoms with E-state index in [1.165, 1.54) is 19.3 Å². The maximum atomic E-state index is 12.4. The van der Waals surface area contributed by atoms with Crippen LogP contribution >= 0.6 is 23.5 Å². The number of carbonyl (C=O) groups is 1. The summed E-state index contributed by atoms with van der Waals surface area (Å²) in [6.45, 7) is 4.55. The van der Waals surface area contributed by atoms with Gasteiger partial charge in [-0.15, -0.1) is 11.8 Å². The molecule has 0 aromatic heterocycles. The lowest BCUT2D eigenvalue weighted by Crippen LogP contribution is -2.35. The van der Waals surface area contributed by atoms with Crippen molar-refractivity contribution < 1.29 is 4.79 Å². The van der Waals surface area contributed by atoms with Crippen LogP contribution in [0.2, 0.25) is 0 Å². The molecule has 3 heteroatoms. The van der Waals surface area contributed by atoms with Crippen LogP contribution in [0.1, 0.15) is 46.0 Å².